The summed E-state index contributed by atoms with van der Waals surface area (Å²) < 4.78 is 76.8. The molecule has 12 nitrogen and oxygen atoms in total. The highest BCUT2D eigenvalue weighted by atomic mass is 32.2. The molecule has 0 aliphatic heterocycles. The van der Waals surface area contributed by atoms with Crippen molar-refractivity contribution in [1.82, 2.24) is 0 Å². The lowest BCUT2D eigenvalue weighted by Crippen LogP contribution is -2.10. The highest BCUT2D eigenvalue weighted by Gasteiger charge is 2.14. The summed E-state index contributed by atoms with van der Waals surface area (Å²) in [5.74, 6) is 0.716. The van der Waals surface area contributed by atoms with E-state index in [-0.39, 0.29) is 13.2 Å². The van der Waals surface area contributed by atoms with Crippen LogP contribution in [0.3, 0.4) is 0 Å². The van der Waals surface area contributed by atoms with Crippen LogP contribution in [0.2, 0.25) is 0 Å². The van der Waals surface area contributed by atoms with E-state index in [0.717, 1.165) is 49.3 Å². The van der Waals surface area contributed by atoms with Gasteiger partial charge in [-0.25, -0.2) is 9.59 Å². The Morgan fingerprint density at radius 1 is 0.549 bits per heavy atom. The lowest BCUT2D eigenvalue weighted by Gasteiger charge is -2.11. The molecule has 0 heterocycles. The predicted molar refractivity (Wildman–Crippen MR) is 192 cm³/mol. The van der Waals surface area contributed by atoms with Crippen molar-refractivity contribution in [2.75, 3.05) is 26.4 Å². The molecule has 276 valence electrons. The molecule has 0 N–H and O–H groups in total. The summed E-state index contributed by atoms with van der Waals surface area (Å²) in [7, 11) is -7.26. The molecule has 0 bridgehead atoms. The summed E-state index contributed by atoms with van der Waals surface area (Å²) >= 11 is 0. The van der Waals surface area contributed by atoms with Crippen LogP contribution >= 0.6 is 0 Å². The van der Waals surface area contributed by atoms with Crippen molar-refractivity contribution in [3.8, 4) is 23.0 Å². The van der Waals surface area contributed by atoms with Crippen molar-refractivity contribution in [3.05, 3.63) is 107 Å². The Morgan fingerprint density at radius 2 is 0.941 bits per heavy atom. The number of carbonyl (C=O) groups is 2. The standard InChI is InChI=1S/C37H44O12S2/c1-4-50(40,41)46-26-12-8-6-10-24-44-32-18-14-30(15-19-32)36(38)48-34-22-23-35(29(3)28-34)49-37(39)31-16-20-33(21-17-31)45-25-11-7-9-13-27-47-51(42,43)5-2/h4-5,14-23,28H,1-2,6-13,24-27H2,3H3. The minimum Gasteiger partial charge on any atom is -0.494 e. The number of esters is 2. The molecule has 0 aliphatic rings. The van der Waals surface area contributed by atoms with Crippen LogP contribution in [0.15, 0.2) is 90.7 Å². The Bertz CT molecular complexity index is 1800. The summed E-state index contributed by atoms with van der Waals surface area (Å²) in [6.07, 6.45) is 6.07. The zero-order chi connectivity index (χ0) is 37.1. The Hall–Kier alpha value is -4.50. The number of ether oxygens (including phenoxy) is 4. The molecule has 0 spiro atoms. The van der Waals surface area contributed by atoms with E-state index in [4.69, 9.17) is 27.3 Å². The molecule has 3 aromatic rings. The second kappa shape index (κ2) is 21.0. The van der Waals surface area contributed by atoms with Gasteiger partial charge in [0.25, 0.3) is 20.2 Å². The fourth-order valence-electron chi connectivity index (χ4n) is 4.44. The Labute approximate surface area is 300 Å². The quantitative estimate of drug-likeness (QED) is 0.0391. The maximum atomic E-state index is 12.8. The van der Waals surface area contributed by atoms with E-state index >= 15 is 0 Å². The first kappa shape index (κ1) is 40.9. The molecule has 14 heteroatoms. The summed E-state index contributed by atoms with van der Waals surface area (Å²) in [6.45, 7) is 9.31. The SMILES string of the molecule is C=CS(=O)(=O)OCCCCCCOc1ccc(C(=O)Oc2ccc(OC(=O)c3ccc(OCCCCCCOS(=O)(=O)C=C)cc3)c(C)c2)cc1. The van der Waals surface area contributed by atoms with Gasteiger partial charge in [-0.1, -0.05) is 26.0 Å². The molecule has 51 heavy (non-hydrogen) atoms. The molecule has 0 aliphatic carbocycles. The normalized spacial score (nSPS) is 11.4. The lowest BCUT2D eigenvalue weighted by molar-refractivity contribution is 0.0718. The number of hydrogen-bond donors (Lipinski definition) is 0. The molecule has 0 fully saturated rings. The molecular weight excluding hydrogens is 701 g/mol. The highest BCUT2D eigenvalue weighted by Crippen LogP contribution is 2.26. The van der Waals surface area contributed by atoms with E-state index in [1.807, 2.05) is 0 Å². The van der Waals surface area contributed by atoms with Crippen LogP contribution in [-0.4, -0.2) is 55.2 Å². The number of rotatable bonds is 24. The van der Waals surface area contributed by atoms with Crippen LogP contribution in [0, 0.1) is 6.92 Å². The predicted octanol–water partition coefficient (Wildman–Crippen LogP) is 7.29. The first-order valence-corrected chi connectivity index (χ1v) is 19.4. The monoisotopic (exact) mass is 744 g/mol. The first-order chi connectivity index (χ1) is 24.4. The van der Waals surface area contributed by atoms with Gasteiger partial charge >= 0.3 is 11.9 Å². The topological polar surface area (TPSA) is 158 Å². The molecule has 3 rings (SSSR count). The van der Waals surface area contributed by atoms with Crippen LogP contribution in [-0.2, 0) is 28.6 Å². The van der Waals surface area contributed by atoms with Crippen LogP contribution in [0.5, 0.6) is 23.0 Å². The van der Waals surface area contributed by atoms with E-state index < -0.39 is 32.2 Å². The van der Waals surface area contributed by atoms with Crippen molar-refractivity contribution in [2.24, 2.45) is 0 Å². The van der Waals surface area contributed by atoms with Gasteiger partial charge in [0, 0.05) is 0 Å². The van der Waals surface area contributed by atoms with Crippen LogP contribution < -0.4 is 18.9 Å². The molecule has 0 unspecified atom stereocenters. The third-order valence-electron chi connectivity index (χ3n) is 7.26. The van der Waals surface area contributed by atoms with Gasteiger partial charge in [0.05, 0.1) is 48.4 Å². The number of carbonyl (C=O) groups excluding carboxylic acids is 2. The van der Waals surface area contributed by atoms with Crippen LogP contribution in [0.4, 0.5) is 0 Å². The van der Waals surface area contributed by atoms with Crippen molar-refractivity contribution in [3.63, 3.8) is 0 Å². The van der Waals surface area contributed by atoms with Crippen molar-refractivity contribution < 1.29 is 53.7 Å². The lowest BCUT2D eigenvalue weighted by atomic mass is 10.2. The highest BCUT2D eigenvalue weighted by molar-refractivity contribution is 7.89. The second-order valence-electron chi connectivity index (χ2n) is 11.2. The largest absolute Gasteiger partial charge is 0.494 e. The minimum absolute atomic E-state index is 0.121. The summed E-state index contributed by atoms with van der Waals surface area (Å²) in [5, 5.41) is 1.56. The van der Waals surface area contributed by atoms with Gasteiger partial charge in [-0.15, -0.1) is 0 Å². The third-order valence-corrected chi connectivity index (χ3v) is 9.06. The van der Waals surface area contributed by atoms with Gasteiger partial charge in [-0.3, -0.25) is 8.37 Å². The van der Waals surface area contributed by atoms with Gasteiger partial charge in [-0.05, 0) is 118 Å². The Kier molecular flexibility index (Phi) is 16.9. The van der Waals surface area contributed by atoms with Gasteiger partial charge in [0.2, 0.25) is 0 Å². The summed E-state index contributed by atoms with van der Waals surface area (Å²) in [6, 6.07) is 17.9. The smallest absolute Gasteiger partial charge is 0.343 e. The van der Waals surface area contributed by atoms with Gasteiger partial charge < -0.3 is 18.9 Å². The van der Waals surface area contributed by atoms with E-state index in [2.05, 4.69) is 13.2 Å². The maximum absolute atomic E-state index is 12.8. The number of hydrogen-bond acceptors (Lipinski definition) is 12. The van der Waals surface area contributed by atoms with Crippen molar-refractivity contribution in [1.29, 1.82) is 0 Å². The fraction of sp³-hybridized carbons (Fsp3) is 0.351. The molecular formula is C37H44O12S2. The molecule has 0 radical (unpaired) electrons. The van der Waals surface area contributed by atoms with E-state index in [9.17, 15) is 26.4 Å². The average molecular weight is 745 g/mol. The third kappa shape index (κ3) is 15.5. The second-order valence-corrected chi connectivity index (χ2v) is 14.4. The number of unbranched alkanes of at least 4 members (excludes halogenated alkanes) is 6. The maximum Gasteiger partial charge on any atom is 0.343 e. The Balaban J connectivity index is 1.35. The van der Waals surface area contributed by atoms with Crippen molar-refractivity contribution >= 4 is 32.2 Å². The Morgan fingerprint density at radius 3 is 1.35 bits per heavy atom. The number of aryl methyl sites for hydroxylation is 1. The number of benzene rings is 3. The molecule has 3 aromatic carbocycles. The van der Waals surface area contributed by atoms with Gasteiger partial charge in [-0.2, -0.15) is 16.8 Å². The van der Waals surface area contributed by atoms with Gasteiger partial charge in [0.15, 0.2) is 0 Å². The molecule has 0 saturated heterocycles. The van der Waals surface area contributed by atoms with E-state index in [0.29, 0.717) is 65.7 Å². The summed E-state index contributed by atoms with van der Waals surface area (Å²) in [5.41, 5.74) is 1.27. The zero-order valence-corrected chi connectivity index (χ0v) is 30.3. The molecule has 0 atom stereocenters. The zero-order valence-electron chi connectivity index (χ0n) is 28.6. The first-order valence-electron chi connectivity index (χ1n) is 16.5. The fourth-order valence-corrected chi connectivity index (χ4v) is 5.33. The molecule has 0 saturated carbocycles. The van der Waals surface area contributed by atoms with Crippen molar-refractivity contribution in [2.45, 2.75) is 58.3 Å². The van der Waals surface area contributed by atoms with Crippen LogP contribution in [0.1, 0.15) is 77.6 Å². The summed E-state index contributed by atoms with van der Waals surface area (Å²) in [4.78, 5) is 25.5. The minimum atomic E-state index is -3.63. The van der Waals surface area contributed by atoms with E-state index in [1.165, 1.54) is 0 Å². The van der Waals surface area contributed by atoms with E-state index in [1.54, 1.807) is 73.7 Å². The average Bonchev–Trinajstić information content (AvgIpc) is 3.12. The molecule has 0 aromatic heterocycles. The van der Waals surface area contributed by atoms with Crippen LogP contribution in [0.25, 0.3) is 0 Å². The molecule has 0 amide bonds. The van der Waals surface area contributed by atoms with Gasteiger partial charge in [0.1, 0.15) is 23.0 Å².